The average Bonchev–Trinajstić information content (AvgIpc) is 3.05. The second-order valence-corrected chi connectivity index (χ2v) is 6.33. The van der Waals surface area contributed by atoms with Crippen LogP contribution in [0, 0.1) is 0 Å². The lowest BCUT2D eigenvalue weighted by Gasteiger charge is -2.08. The fourth-order valence-corrected chi connectivity index (χ4v) is 2.77. The van der Waals surface area contributed by atoms with Crippen LogP contribution in [0.25, 0.3) is 11.4 Å². The van der Waals surface area contributed by atoms with Crippen molar-refractivity contribution in [3.63, 3.8) is 0 Å². The van der Waals surface area contributed by atoms with Gasteiger partial charge in [-0.3, -0.25) is 0 Å². The minimum atomic E-state index is -4.39. The summed E-state index contributed by atoms with van der Waals surface area (Å²) in [5.74, 6) is 0.860. The molecule has 0 saturated heterocycles. The maximum absolute atomic E-state index is 12.5. The summed E-state index contributed by atoms with van der Waals surface area (Å²) in [6.45, 7) is 1.83. The number of pyridine rings is 1. The summed E-state index contributed by atoms with van der Waals surface area (Å²) in [4.78, 5) is 8.16. The number of thioether (sulfide) groups is 1. The second kappa shape index (κ2) is 6.64. The standard InChI is InChI=1S/C16H12F3N3OS/c1-10(24-13-8-7-12(9-20-13)16(17,18)19)15-21-14(22-23-15)11-5-3-2-4-6-11/h2-10H,1H3. The van der Waals surface area contributed by atoms with E-state index >= 15 is 0 Å². The number of hydrogen-bond donors (Lipinski definition) is 0. The molecule has 4 nitrogen and oxygen atoms in total. The van der Waals surface area contributed by atoms with Crippen LogP contribution in [-0.2, 0) is 6.18 Å². The molecule has 1 unspecified atom stereocenters. The van der Waals surface area contributed by atoms with Crippen LogP contribution >= 0.6 is 11.8 Å². The Balaban J connectivity index is 1.71. The molecule has 0 bridgehead atoms. The molecule has 8 heteroatoms. The van der Waals surface area contributed by atoms with Gasteiger partial charge in [0.05, 0.1) is 15.8 Å². The van der Waals surface area contributed by atoms with Gasteiger partial charge in [-0.25, -0.2) is 4.98 Å². The van der Waals surface area contributed by atoms with Crippen molar-refractivity contribution < 1.29 is 17.7 Å². The van der Waals surface area contributed by atoms with E-state index in [9.17, 15) is 13.2 Å². The summed E-state index contributed by atoms with van der Waals surface area (Å²) in [6, 6.07) is 11.7. The lowest BCUT2D eigenvalue weighted by molar-refractivity contribution is -0.137. The summed E-state index contributed by atoms with van der Waals surface area (Å²) >= 11 is 1.25. The monoisotopic (exact) mass is 351 g/mol. The van der Waals surface area contributed by atoms with Gasteiger partial charge in [-0.1, -0.05) is 47.3 Å². The van der Waals surface area contributed by atoms with Crippen LogP contribution in [0.4, 0.5) is 13.2 Å². The molecule has 0 radical (unpaired) electrons. The van der Waals surface area contributed by atoms with Gasteiger partial charge in [0.15, 0.2) is 0 Å². The molecule has 0 saturated carbocycles. The Morgan fingerprint density at radius 3 is 2.46 bits per heavy atom. The number of hydrogen-bond acceptors (Lipinski definition) is 5. The largest absolute Gasteiger partial charge is 0.417 e. The second-order valence-electron chi connectivity index (χ2n) is 4.97. The topological polar surface area (TPSA) is 51.8 Å². The van der Waals surface area contributed by atoms with E-state index in [4.69, 9.17) is 4.52 Å². The van der Waals surface area contributed by atoms with Crippen LogP contribution in [-0.4, -0.2) is 15.1 Å². The molecule has 3 rings (SSSR count). The molecule has 3 aromatic rings. The van der Waals surface area contributed by atoms with Crippen molar-refractivity contribution in [1.29, 1.82) is 0 Å². The number of benzene rings is 1. The molecule has 0 fully saturated rings. The van der Waals surface area contributed by atoms with Gasteiger partial charge in [-0.2, -0.15) is 18.2 Å². The third kappa shape index (κ3) is 3.76. The molecule has 1 aromatic carbocycles. The fourth-order valence-electron chi connectivity index (χ4n) is 1.95. The highest BCUT2D eigenvalue weighted by Crippen LogP contribution is 2.35. The van der Waals surface area contributed by atoms with Crippen molar-refractivity contribution in [2.24, 2.45) is 0 Å². The zero-order valence-electron chi connectivity index (χ0n) is 12.5. The van der Waals surface area contributed by atoms with Crippen LogP contribution < -0.4 is 0 Å². The van der Waals surface area contributed by atoms with Gasteiger partial charge >= 0.3 is 6.18 Å². The molecular weight excluding hydrogens is 339 g/mol. The number of nitrogens with zero attached hydrogens (tertiary/aromatic N) is 3. The van der Waals surface area contributed by atoms with Gasteiger partial charge in [0.1, 0.15) is 0 Å². The predicted molar refractivity (Wildman–Crippen MR) is 83.2 cm³/mol. The Morgan fingerprint density at radius 1 is 1.08 bits per heavy atom. The van der Waals surface area contributed by atoms with Crippen LogP contribution in [0.5, 0.6) is 0 Å². The summed E-state index contributed by atoms with van der Waals surface area (Å²) in [5, 5.41) is 4.14. The Morgan fingerprint density at radius 2 is 1.83 bits per heavy atom. The number of alkyl halides is 3. The van der Waals surface area contributed by atoms with Gasteiger partial charge in [-0.05, 0) is 19.1 Å². The molecule has 0 aliphatic rings. The SMILES string of the molecule is CC(Sc1ccc(C(F)(F)F)cn1)c1nc(-c2ccccc2)no1. The van der Waals surface area contributed by atoms with Crippen molar-refractivity contribution >= 4 is 11.8 Å². The first kappa shape index (κ1) is 16.5. The normalized spacial score (nSPS) is 13.0. The van der Waals surface area contributed by atoms with E-state index in [-0.39, 0.29) is 5.25 Å². The van der Waals surface area contributed by atoms with Crippen molar-refractivity contribution in [1.82, 2.24) is 15.1 Å². The number of halogens is 3. The highest BCUT2D eigenvalue weighted by molar-refractivity contribution is 7.99. The van der Waals surface area contributed by atoms with Crippen molar-refractivity contribution in [3.05, 3.63) is 60.1 Å². The van der Waals surface area contributed by atoms with Gasteiger partial charge in [0, 0.05) is 11.8 Å². The van der Waals surface area contributed by atoms with E-state index in [1.807, 2.05) is 37.3 Å². The zero-order chi connectivity index (χ0) is 17.2. The third-order valence-electron chi connectivity index (χ3n) is 3.18. The molecule has 0 N–H and O–H groups in total. The van der Waals surface area contributed by atoms with E-state index < -0.39 is 11.7 Å². The molecule has 2 aromatic heterocycles. The molecule has 1 atom stereocenters. The van der Waals surface area contributed by atoms with E-state index in [0.29, 0.717) is 16.7 Å². The molecule has 124 valence electrons. The maximum Gasteiger partial charge on any atom is 0.417 e. The van der Waals surface area contributed by atoms with Crippen LogP contribution in [0.2, 0.25) is 0 Å². The first-order valence-electron chi connectivity index (χ1n) is 7.02. The summed E-state index contributed by atoms with van der Waals surface area (Å²) in [5.41, 5.74) is 0.0565. The van der Waals surface area contributed by atoms with Gasteiger partial charge < -0.3 is 4.52 Å². The fraction of sp³-hybridized carbons (Fsp3) is 0.188. The Hall–Kier alpha value is -2.35. The Bertz CT molecular complexity index is 803. The minimum Gasteiger partial charge on any atom is -0.338 e. The Kier molecular flexibility index (Phi) is 4.57. The smallest absolute Gasteiger partial charge is 0.338 e. The molecular formula is C16H12F3N3OS. The van der Waals surface area contributed by atoms with Crippen LogP contribution in [0.15, 0.2) is 58.2 Å². The average molecular weight is 351 g/mol. The summed E-state index contributed by atoms with van der Waals surface area (Å²) < 4.78 is 42.8. The lowest BCUT2D eigenvalue weighted by atomic mass is 10.2. The van der Waals surface area contributed by atoms with Crippen molar-refractivity contribution in [3.8, 4) is 11.4 Å². The van der Waals surface area contributed by atoms with Crippen LogP contribution in [0.3, 0.4) is 0 Å². The quantitative estimate of drug-likeness (QED) is 0.619. The van der Waals surface area contributed by atoms with E-state index in [0.717, 1.165) is 17.8 Å². The van der Waals surface area contributed by atoms with Crippen LogP contribution in [0.1, 0.15) is 23.6 Å². The maximum atomic E-state index is 12.5. The number of aromatic nitrogens is 3. The van der Waals surface area contributed by atoms with E-state index in [2.05, 4.69) is 15.1 Å². The van der Waals surface area contributed by atoms with Gasteiger partial charge in [0.25, 0.3) is 0 Å². The zero-order valence-corrected chi connectivity index (χ0v) is 13.3. The van der Waals surface area contributed by atoms with Crippen molar-refractivity contribution in [2.45, 2.75) is 23.4 Å². The minimum absolute atomic E-state index is 0.237. The highest BCUT2D eigenvalue weighted by Gasteiger charge is 2.30. The molecule has 0 aliphatic heterocycles. The summed E-state index contributed by atoms with van der Waals surface area (Å²) in [6.07, 6.45) is -3.57. The molecule has 24 heavy (non-hydrogen) atoms. The Labute approximate surface area is 140 Å². The molecule has 0 amide bonds. The molecule has 0 aliphatic carbocycles. The first-order valence-corrected chi connectivity index (χ1v) is 7.90. The van der Waals surface area contributed by atoms with Gasteiger partial charge in [-0.15, -0.1) is 0 Å². The molecule has 2 heterocycles. The number of rotatable bonds is 4. The summed E-state index contributed by atoms with van der Waals surface area (Å²) in [7, 11) is 0. The van der Waals surface area contributed by atoms with Gasteiger partial charge in [0.2, 0.25) is 11.7 Å². The highest BCUT2D eigenvalue weighted by atomic mass is 32.2. The predicted octanol–water partition coefficient (Wildman–Crippen LogP) is 5.00. The third-order valence-corrected chi connectivity index (χ3v) is 4.22. The van der Waals surface area contributed by atoms with E-state index in [1.54, 1.807) is 0 Å². The molecule has 0 spiro atoms. The van der Waals surface area contributed by atoms with E-state index in [1.165, 1.54) is 17.8 Å². The lowest BCUT2D eigenvalue weighted by Crippen LogP contribution is -2.05. The van der Waals surface area contributed by atoms with Crippen molar-refractivity contribution in [2.75, 3.05) is 0 Å². The first-order chi connectivity index (χ1) is 11.4.